The van der Waals surface area contributed by atoms with Crippen LogP contribution in [-0.4, -0.2) is 37.2 Å². The van der Waals surface area contributed by atoms with E-state index < -0.39 is 12.3 Å². The van der Waals surface area contributed by atoms with E-state index >= 15 is 0 Å². The molecule has 112 valence electrons. The molecule has 0 atom stereocenters. The van der Waals surface area contributed by atoms with Gasteiger partial charge >= 0.3 is 12.3 Å². The average Bonchev–Trinajstić information content (AvgIpc) is 2.41. The van der Waals surface area contributed by atoms with Crippen LogP contribution >= 0.6 is 0 Å². The molecule has 0 aliphatic rings. The summed E-state index contributed by atoms with van der Waals surface area (Å²) in [5.74, 6) is -0.348. The van der Waals surface area contributed by atoms with Crippen LogP contribution in [0.25, 0.3) is 0 Å². The van der Waals surface area contributed by atoms with Gasteiger partial charge in [0, 0.05) is 0 Å². The summed E-state index contributed by atoms with van der Waals surface area (Å²) >= 11 is 0. The van der Waals surface area contributed by atoms with Crippen LogP contribution in [0.2, 0.25) is 0 Å². The van der Waals surface area contributed by atoms with Gasteiger partial charge in [0.25, 0.3) is 0 Å². The molecule has 0 bridgehead atoms. The molecule has 0 unspecified atom stereocenters. The summed E-state index contributed by atoms with van der Waals surface area (Å²) in [6, 6.07) is 0. The van der Waals surface area contributed by atoms with Crippen molar-refractivity contribution in [1.29, 1.82) is 0 Å². The van der Waals surface area contributed by atoms with E-state index in [1.807, 2.05) is 0 Å². The monoisotopic (exact) mass is 288 g/mol. The van der Waals surface area contributed by atoms with Gasteiger partial charge in [0.2, 0.25) is 0 Å². The topological polar surface area (TPSA) is 148 Å². The van der Waals surface area contributed by atoms with Crippen molar-refractivity contribution in [3.8, 4) is 0 Å². The molecule has 0 heterocycles. The molecule has 0 aliphatic heterocycles. The zero-order valence-electron chi connectivity index (χ0n) is 11.1. The van der Waals surface area contributed by atoms with Gasteiger partial charge in [-0.25, -0.2) is 9.59 Å². The molecule has 0 aromatic heterocycles. The maximum atomic E-state index is 10.8. The number of hydrogen-bond acceptors (Lipinski definition) is 8. The largest absolute Gasteiger partial charge is 0.535 e. The van der Waals surface area contributed by atoms with Crippen LogP contribution in [-0.2, 0) is 19.1 Å². The Labute approximate surface area is 114 Å². The molecule has 0 fully saturated rings. The summed E-state index contributed by atoms with van der Waals surface area (Å²) in [5.41, 5.74) is 10.7. The van der Waals surface area contributed by atoms with Crippen LogP contribution in [0.4, 0.5) is 9.59 Å². The zero-order valence-corrected chi connectivity index (χ0v) is 11.1. The Bertz CT molecular complexity index is 380. The van der Waals surface area contributed by atoms with Gasteiger partial charge in [-0.1, -0.05) is 10.3 Å². The lowest BCUT2D eigenvalue weighted by atomic mass is 10.4. The molecule has 10 heteroatoms. The Morgan fingerprint density at radius 3 is 1.55 bits per heavy atom. The maximum Gasteiger partial charge on any atom is 0.535 e. The van der Waals surface area contributed by atoms with E-state index in [0.29, 0.717) is 0 Å². The van der Waals surface area contributed by atoms with Crippen molar-refractivity contribution in [2.75, 3.05) is 13.2 Å². The number of carbonyl (C=O) groups excluding carboxylic acids is 2. The first-order chi connectivity index (χ1) is 9.49. The van der Waals surface area contributed by atoms with Crippen LogP contribution in [0, 0.1) is 0 Å². The van der Waals surface area contributed by atoms with Gasteiger partial charge in [0.05, 0.1) is 13.2 Å². The van der Waals surface area contributed by atoms with Crippen molar-refractivity contribution in [2.45, 2.75) is 13.8 Å². The molecular formula is C10H16N4O6. The van der Waals surface area contributed by atoms with E-state index in [9.17, 15) is 9.59 Å². The summed E-state index contributed by atoms with van der Waals surface area (Å²) in [5, 5.41) is 6.46. The molecule has 0 saturated heterocycles. The van der Waals surface area contributed by atoms with E-state index in [2.05, 4.69) is 29.5 Å². The smallest absolute Gasteiger partial charge is 0.433 e. The van der Waals surface area contributed by atoms with E-state index in [0.717, 1.165) is 0 Å². The molecule has 0 aromatic carbocycles. The van der Waals surface area contributed by atoms with Gasteiger partial charge in [-0.15, -0.1) is 0 Å². The Hall–Kier alpha value is -2.78. The van der Waals surface area contributed by atoms with E-state index in [4.69, 9.17) is 11.5 Å². The quantitative estimate of drug-likeness (QED) is 0.235. The second-order valence-corrected chi connectivity index (χ2v) is 2.91. The second-order valence-electron chi connectivity index (χ2n) is 2.91. The van der Waals surface area contributed by atoms with Crippen LogP contribution < -0.4 is 11.5 Å². The van der Waals surface area contributed by atoms with Crippen molar-refractivity contribution >= 4 is 24.0 Å². The van der Waals surface area contributed by atoms with Crippen LogP contribution in [0.15, 0.2) is 22.5 Å². The zero-order chi connectivity index (χ0) is 15.4. The number of nitrogens with two attached hydrogens (primary N) is 2. The number of oxime groups is 2. The minimum atomic E-state index is -0.990. The molecule has 0 radical (unpaired) electrons. The minimum Gasteiger partial charge on any atom is -0.433 e. The number of nitrogens with zero attached hydrogens (tertiary/aromatic N) is 2. The first-order valence-electron chi connectivity index (χ1n) is 5.52. The van der Waals surface area contributed by atoms with E-state index in [-0.39, 0.29) is 24.9 Å². The van der Waals surface area contributed by atoms with Crippen molar-refractivity contribution in [3.63, 3.8) is 0 Å². The van der Waals surface area contributed by atoms with Crippen LogP contribution in [0.3, 0.4) is 0 Å². The molecule has 0 amide bonds. The van der Waals surface area contributed by atoms with Crippen molar-refractivity contribution in [3.05, 3.63) is 12.2 Å². The first kappa shape index (κ1) is 17.2. The Balaban J connectivity index is 4.25. The summed E-state index contributed by atoms with van der Waals surface area (Å²) in [6.45, 7) is 3.51. The normalized spacial score (nSPS) is 12.1. The van der Waals surface area contributed by atoms with Gasteiger partial charge in [-0.05, 0) is 26.0 Å². The predicted octanol–water partition coefficient (Wildman–Crippen LogP) is 0.433. The average molecular weight is 288 g/mol. The number of hydrogen-bond donors (Lipinski definition) is 2. The molecule has 10 nitrogen and oxygen atoms in total. The third kappa shape index (κ3) is 9.27. The summed E-state index contributed by atoms with van der Waals surface area (Å²) in [7, 11) is 0. The fourth-order valence-corrected chi connectivity index (χ4v) is 0.700. The summed E-state index contributed by atoms with van der Waals surface area (Å²) < 4.78 is 8.88. The van der Waals surface area contributed by atoms with E-state index in [1.165, 1.54) is 12.2 Å². The standard InChI is InChI=1S/C10H16N4O6/c1-3-17-9(15)19-13-7(11)5-6-8(12)14-20-10(16)18-4-2/h5-6H,3-4H2,1-2H3,(H2,11,13)(H2,12,14)/b6-5+. The molecule has 0 rings (SSSR count). The minimum absolute atomic E-state index is 0.148. The molecule has 0 aliphatic carbocycles. The summed E-state index contributed by atoms with van der Waals surface area (Å²) in [4.78, 5) is 30.1. The highest BCUT2D eigenvalue weighted by atomic mass is 16.8. The van der Waals surface area contributed by atoms with Crippen molar-refractivity contribution in [1.82, 2.24) is 0 Å². The molecular weight excluding hydrogens is 272 g/mol. The lowest BCUT2D eigenvalue weighted by Gasteiger charge is -1.98. The molecule has 0 spiro atoms. The fourth-order valence-electron chi connectivity index (χ4n) is 0.700. The highest BCUT2D eigenvalue weighted by Gasteiger charge is 2.02. The lowest BCUT2D eigenvalue weighted by molar-refractivity contribution is 0.0603. The van der Waals surface area contributed by atoms with Gasteiger partial charge < -0.3 is 20.9 Å². The highest BCUT2D eigenvalue weighted by molar-refractivity contribution is 6.00. The number of rotatable bonds is 6. The van der Waals surface area contributed by atoms with Crippen molar-refractivity contribution in [2.24, 2.45) is 21.8 Å². The lowest BCUT2D eigenvalue weighted by Crippen LogP contribution is -2.15. The van der Waals surface area contributed by atoms with Gasteiger partial charge in [-0.2, -0.15) is 0 Å². The third-order valence-corrected chi connectivity index (χ3v) is 1.40. The molecule has 4 N–H and O–H groups in total. The first-order valence-corrected chi connectivity index (χ1v) is 5.52. The van der Waals surface area contributed by atoms with Gasteiger partial charge in [-0.3, -0.25) is 9.68 Å². The summed E-state index contributed by atoms with van der Waals surface area (Å²) in [6.07, 6.45) is 0.367. The van der Waals surface area contributed by atoms with Gasteiger partial charge in [0.15, 0.2) is 11.7 Å². The SMILES string of the molecule is CCOC(=O)O/N=C(N)/C=C/C(N)=N\OC(=O)OCC. The van der Waals surface area contributed by atoms with E-state index in [1.54, 1.807) is 13.8 Å². The Morgan fingerprint density at radius 1 is 0.900 bits per heavy atom. The number of ether oxygens (including phenoxy) is 2. The maximum absolute atomic E-state index is 10.8. The third-order valence-electron chi connectivity index (χ3n) is 1.40. The Morgan fingerprint density at radius 2 is 1.25 bits per heavy atom. The fraction of sp³-hybridized carbons (Fsp3) is 0.400. The molecule has 0 aromatic rings. The molecule has 20 heavy (non-hydrogen) atoms. The van der Waals surface area contributed by atoms with Crippen LogP contribution in [0.5, 0.6) is 0 Å². The predicted molar refractivity (Wildman–Crippen MR) is 68.6 cm³/mol. The highest BCUT2D eigenvalue weighted by Crippen LogP contribution is 1.88. The van der Waals surface area contributed by atoms with Gasteiger partial charge in [0.1, 0.15) is 0 Å². The molecule has 0 saturated carbocycles. The number of carbonyl (C=O) groups is 2. The second kappa shape index (κ2) is 10.2. The Kier molecular flexibility index (Phi) is 8.76. The van der Waals surface area contributed by atoms with Crippen LogP contribution in [0.1, 0.15) is 13.8 Å². The van der Waals surface area contributed by atoms with Crippen molar-refractivity contribution < 1.29 is 28.7 Å². The number of amidine groups is 2.